The predicted octanol–water partition coefficient (Wildman–Crippen LogP) is 3.27. The van der Waals surface area contributed by atoms with E-state index in [2.05, 4.69) is 15.5 Å². The molecule has 0 spiro atoms. The Bertz CT molecular complexity index is 466. The number of nitrogens with one attached hydrogen (secondary N) is 1. The van der Waals surface area contributed by atoms with Gasteiger partial charge in [-0.2, -0.15) is 5.10 Å². The molecule has 0 unspecified atom stereocenters. The number of allylic oxidation sites excluding steroid dienone is 2. The van der Waals surface area contributed by atoms with Crippen molar-refractivity contribution in [3.63, 3.8) is 0 Å². The number of anilines is 1. The number of hydrogen-bond donors (Lipinski definition) is 1. The quantitative estimate of drug-likeness (QED) is 0.633. The van der Waals surface area contributed by atoms with Crippen molar-refractivity contribution in [3.8, 4) is 0 Å². The summed E-state index contributed by atoms with van der Waals surface area (Å²) in [6.07, 6.45) is 5.48. The van der Waals surface area contributed by atoms with Crippen LogP contribution in [0.3, 0.4) is 0 Å². The number of hydrogen-bond acceptors (Lipinski definition) is 4. The molecule has 0 aliphatic rings. The Hall–Kier alpha value is -1.68. The van der Waals surface area contributed by atoms with Crippen LogP contribution in [0.4, 0.5) is 5.13 Å². The number of thiazole rings is 1. The molecule has 0 saturated carbocycles. The summed E-state index contributed by atoms with van der Waals surface area (Å²) in [5.74, 6) is 0. The van der Waals surface area contributed by atoms with Gasteiger partial charge in [0.25, 0.3) is 0 Å². The first-order chi connectivity index (χ1) is 7.40. The van der Waals surface area contributed by atoms with Gasteiger partial charge in [0, 0.05) is 6.21 Å². The zero-order chi connectivity index (χ0) is 10.5. The smallest absolute Gasteiger partial charge is 0.204 e. The lowest BCUT2D eigenvalue weighted by atomic mass is 10.3. The second-order valence-corrected chi connectivity index (χ2v) is 3.93. The molecule has 2 rings (SSSR count). The van der Waals surface area contributed by atoms with Gasteiger partial charge < -0.3 is 0 Å². The van der Waals surface area contributed by atoms with E-state index in [4.69, 9.17) is 0 Å². The largest absolute Gasteiger partial charge is 0.253 e. The van der Waals surface area contributed by atoms with Crippen molar-refractivity contribution in [2.45, 2.75) is 6.92 Å². The number of fused-ring (bicyclic) bond motifs is 1. The van der Waals surface area contributed by atoms with Gasteiger partial charge in [-0.15, -0.1) is 0 Å². The van der Waals surface area contributed by atoms with Crippen molar-refractivity contribution in [3.05, 3.63) is 36.4 Å². The summed E-state index contributed by atoms with van der Waals surface area (Å²) < 4.78 is 1.17. The molecule has 0 radical (unpaired) electrons. The van der Waals surface area contributed by atoms with Gasteiger partial charge >= 0.3 is 0 Å². The van der Waals surface area contributed by atoms with Crippen LogP contribution in [0.15, 0.2) is 41.5 Å². The fourth-order valence-corrected chi connectivity index (χ4v) is 1.96. The average Bonchev–Trinajstić information content (AvgIpc) is 2.67. The summed E-state index contributed by atoms with van der Waals surface area (Å²) in [6.45, 7) is 1.95. The molecule has 1 N–H and O–H groups in total. The summed E-state index contributed by atoms with van der Waals surface area (Å²) in [4.78, 5) is 4.38. The predicted molar refractivity (Wildman–Crippen MR) is 66.5 cm³/mol. The van der Waals surface area contributed by atoms with E-state index in [-0.39, 0.29) is 0 Å². The van der Waals surface area contributed by atoms with Gasteiger partial charge in [0.15, 0.2) is 0 Å². The summed E-state index contributed by atoms with van der Waals surface area (Å²) in [5, 5.41) is 4.83. The van der Waals surface area contributed by atoms with Gasteiger partial charge in [-0.1, -0.05) is 29.5 Å². The number of nitrogens with zero attached hydrogens (tertiary/aromatic N) is 2. The van der Waals surface area contributed by atoms with Gasteiger partial charge in [0.2, 0.25) is 5.13 Å². The first-order valence-corrected chi connectivity index (χ1v) is 5.48. The highest BCUT2D eigenvalue weighted by Crippen LogP contribution is 2.24. The maximum absolute atomic E-state index is 4.38. The van der Waals surface area contributed by atoms with E-state index in [9.17, 15) is 0 Å². The number of rotatable bonds is 3. The average molecular weight is 217 g/mol. The standard InChI is InChI=1S/C11H11N3S/c1-2-3-8-12-14-11-13-9-6-4-5-7-10(9)15-11/h2-8H,1H3,(H,13,14)/b3-2+,12-8+. The summed E-state index contributed by atoms with van der Waals surface area (Å²) in [5.41, 5.74) is 3.90. The van der Waals surface area contributed by atoms with Crippen LogP contribution in [-0.4, -0.2) is 11.2 Å². The van der Waals surface area contributed by atoms with Gasteiger partial charge in [-0.05, 0) is 25.1 Å². The normalized spacial score (nSPS) is 11.8. The second-order valence-electron chi connectivity index (χ2n) is 2.90. The van der Waals surface area contributed by atoms with E-state index in [1.807, 2.05) is 43.3 Å². The van der Waals surface area contributed by atoms with Crippen molar-refractivity contribution >= 4 is 32.9 Å². The number of para-hydroxylation sites is 1. The first kappa shape index (κ1) is 9.86. The molecular formula is C11H11N3S. The fraction of sp³-hybridized carbons (Fsp3) is 0.0909. The maximum atomic E-state index is 4.38. The van der Waals surface area contributed by atoms with Crippen LogP contribution in [-0.2, 0) is 0 Å². The molecule has 0 atom stereocenters. The highest BCUT2D eigenvalue weighted by Gasteiger charge is 1.99. The molecule has 15 heavy (non-hydrogen) atoms. The Labute approximate surface area is 92.2 Å². The zero-order valence-electron chi connectivity index (χ0n) is 8.34. The van der Waals surface area contributed by atoms with Crippen LogP contribution in [0, 0.1) is 0 Å². The molecule has 1 heterocycles. The van der Waals surface area contributed by atoms with Crippen molar-refractivity contribution < 1.29 is 0 Å². The third-order valence-electron chi connectivity index (χ3n) is 1.81. The monoisotopic (exact) mass is 217 g/mol. The molecule has 1 aromatic heterocycles. The number of aromatic nitrogens is 1. The van der Waals surface area contributed by atoms with Crippen molar-refractivity contribution in [2.75, 3.05) is 5.43 Å². The van der Waals surface area contributed by atoms with E-state index >= 15 is 0 Å². The van der Waals surface area contributed by atoms with Crippen LogP contribution in [0.5, 0.6) is 0 Å². The lowest BCUT2D eigenvalue weighted by Crippen LogP contribution is -1.85. The van der Waals surface area contributed by atoms with Crippen LogP contribution >= 0.6 is 11.3 Å². The van der Waals surface area contributed by atoms with Gasteiger partial charge in [0.05, 0.1) is 10.2 Å². The Morgan fingerprint density at radius 3 is 3.07 bits per heavy atom. The highest BCUT2D eigenvalue weighted by atomic mass is 32.1. The molecule has 0 fully saturated rings. The molecule has 76 valence electrons. The van der Waals surface area contributed by atoms with E-state index < -0.39 is 0 Å². The lowest BCUT2D eigenvalue weighted by molar-refractivity contribution is 1.31. The molecule has 3 nitrogen and oxygen atoms in total. The molecule has 0 amide bonds. The molecule has 0 aliphatic carbocycles. The Morgan fingerprint density at radius 2 is 2.27 bits per heavy atom. The molecule has 4 heteroatoms. The minimum Gasteiger partial charge on any atom is -0.253 e. The summed E-state index contributed by atoms with van der Waals surface area (Å²) in [6, 6.07) is 8.03. The third kappa shape index (κ3) is 2.41. The first-order valence-electron chi connectivity index (χ1n) is 4.66. The SMILES string of the molecule is C/C=C/C=N/Nc1nc2ccccc2s1. The second kappa shape index (κ2) is 4.70. The van der Waals surface area contributed by atoms with Crippen molar-refractivity contribution in [2.24, 2.45) is 5.10 Å². The van der Waals surface area contributed by atoms with Crippen LogP contribution in [0.25, 0.3) is 10.2 Å². The van der Waals surface area contributed by atoms with Crippen molar-refractivity contribution in [1.29, 1.82) is 0 Å². The number of benzene rings is 1. The van der Waals surface area contributed by atoms with Crippen LogP contribution in [0.1, 0.15) is 6.92 Å². The Balaban J connectivity index is 2.15. The zero-order valence-corrected chi connectivity index (χ0v) is 9.16. The molecule has 0 bridgehead atoms. The van der Waals surface area contributed by atoms with Crippen LogP contribution in [0.2, 0.25) is 0 Å². The molecular weight excluding hydrogens is 206 g/mol. The Kier molecular flexibility index (Phi) is 3.09. The van der Waals surface area contributed by atoms with Gasteiger partial charge in [0.1, 0.15) is 0 Å². The van der Waals surface area contributed by atoms with Crippen LogP contribution < -0.4 is 5.43 Å². The fourth-order valence-electron chi connectivity index (χ4n) is 1.14. The molecule has 2 aromatic rings. The highest BCUT2D eigenvalue weighted by molar-refractivity contribution is 7.22. The molecule has 0 aliphatic heterocycles. The molecule has 0 saturated heterocycles. The maximum Gasteiger partial charge on any atom is 0.204 e. The summed E-state index contributed by atoms with van der Waals surface area (Å²) >= 11 is 1.60. The van der Waals surface area contributed by atoms with E-state index in [0.29, 0.717) is 0 Å². The van der Waals surface area contributed by atoms with Gasteiger partial charge in [-0.25, -0.2) is 4.98 Å². The lowest BCUT2D eigenvalue weighted by Gasteiger charge is -1.88. The van der Waals surface area contributed by atoms with E-state index in [0.717, 1.165) is 10.6 Å². The third-order valence-corrected chi connectivity index (χ3v) is 2.75. The van der Waals surface area contributed by atoms with E-state index in [1.165, 1.54) is 4.70 Å². The minimum atomic E-state index is 0.817. The number of hydrazone groups is 1. The topological polar surface area (TPSA) is 37.3 Å². The van der Waals surface area contributed by atoms with Gasteiger partial charge in [-0.3, -0.25) is 5.43 Å². The Morgan fingerprint density at radius 1 is 1.40 bits per heavy atom. The summed E-state index contributed by atoms with van der Waals surface area (Å²) in [7, 11) is 0. The minimum absolute atomic E-state index is 0.817. The molecule has 1 aromatic carbocycles. The van der Waals surface area contributed by atoms with Crippen molar-refractivity contribution in [1.82, 2.24) is 4.98 Å². The van der Waals surface area contributed by atoms with E-state index in [1.54, 1.807) is 17.6 Å².